The fraction of sp³-hybridized carbons (Fsp3) is 1.00. The quantitative estimate of drug-likeness (QED) is 0.551. The van der Waals surface area contributed by atoms with Gasteiger partial charge in [-0.15, -0.1) is 0 Å². The molecule has 0 bridgehead atoms. The van der Waals surface area contributed by atoms with Crippen LogP contribution in [0.3, 0.4) is 0 Å². The minimum atomic E-state index is -0.985. The van der Waals surface area contributed by atoms with Crippen molar-refractivity contribution in [3.05, 3.63) is 4.91 Å². The fourth-order valence-corrected chi connectivity index (χ4v) is 1.05. The Labute approximate surface area is 59.2 Å². The molecule has 4 nitrogen and oxygen atoms in total. The third-order valence-electron chi connectivity index (χ3n) is 1.71. The molecule has 1 N–H and O–H groups in total. The summed E-state index contributed by atoms with van der Waals surface area (Å²) < 4.78 is 4.95. The second-order valence-electron chi connectivity index (χ2n) is 2.59. The minimum Gasteiger partial charge on any atom is -0.366 e. The van der Waals surface area contributed by atoms with Gasteiger partial charge in [0.2, 0.25) is 0 Å². The molecule has 0 aromatic carbocycles. The van der Waals surface area contributed by atoms with Gasteiger partial charge in [-0.1, -0.05) is 5.18 Å². The molecule has 4 heteroatoms. The molecule has 0 saturated carbocycles. The summed E-state index contributed by atoms with van der Waals surface area (Å²) in [7, 11) is 0. The van der Waals surface area contributed by atoms with Crippen LogP contribution in [-0.4, -0.2) is 23.5 Å². The van der Waals surface area contributed by atoms with Crippen molar-refractivity contribution >= 4 is 0 Å². The summed E-state index contributed by atoms with van der Waals surface area (Å²) in [5.41, 5.74) is 0. The van der Waals surface area contributed by atoms with Gasteiger partial charge in [0.25, 0.3) is 0 Å². The van der Waals surface area contributed by atoms with Crippen LogP contribution in [0.25, 0.3) is 0 Å². The maximum atomic E-state index is 9.99. The molecule has 1 rings (SSSR count). The molecule has 0 amide bonds. The van der Waals surface area contributed by atoms with Crippen molar-refractivity contribution in [2.75, 3.05) is 0 Å². The van der Waals surface area contributed by atoms with Gasteiger partial charge in [0.15, 0.2) is 6.29 Å². The van der Waals surface area contributed by atoms with E-state index in [1.807, 2.05) is 6.92 Å². The number of hydrogen-bond donors (Lipinski definition) is 1. The predicted octanol–water partition coefficient (Wildman–Crippen LogP) is 0.639. The molecule has 0 radical (unpaired) electrons. The Morgan fingerprint density at radius 1 is 1.60 bits per heavy atom. The first-order valence-corrected chi connectivity index (χ1v) is 3.40. The topological polar surface area (TPSA) is 58.9 Å². The smallest absolute Gasteiger partial charge is 0.180 e. The first kappa shape index (κ1) is 7.63. The van der Waals surface area contributed by atoms with Crippen LogP contribution in [0.4, 0.5) is 0 Å². The van der Waals surface area contributed by atoms with E-state index in [-0.39, 0.29) is 6.10 Å². The molecule has 0 spiro atoms. The van der Waals surface area contributed by atoms with Gasteiger partial charge in [-0.2, -0.15) is 4.91 Å². The second-order valence-corrected chi connectivity index (χ2v) is 2.59. The molecule has 1 saturated heterocycles. The molecule has 0 aliphatic carbocycles. The summed E-state index contributed by atoms with van der Waals surface area (Å²) in [4.78, 5) is 9.99. The van der Waals surface area contributed by atoms with E-state index in [9.17, 15) is 4.91 Å². The van der Waals surface area contributed by atoms with Crippen LogP contribution in [0.5, 0.6) is 0 Å². The molecular formula is C6H11NO3. The van der Waals surface area contributed by atoms with Gasteiger partial charge in [0, 0.05) is 0 Å². The molecule has 0 aromatic rings. The number of hydrogen-bond acceptors (Lipinski definition) is 4. The van der Waals surface area contributed by atoms with Gasteiger partial charge >= 0.3 is 0 Å². The average molecular weight is 145 g/mol. The van der Waals surface area contributed by atoms with Crippen LogP contribution in [0, 0.1) is 4.91 Å². The van der Waals surface area contributed by atoms with E-state index < -0.39 is 12.3 Å². The van der Waals surface area contributed by atoms with Gasteiger partial charge in [-0.25, -0.2) is 0 Å². The lowest BCUT2D eigenvalue weighted by Crippen LogP contribution is -2.36. The van der Waals surface area contributed by atoms with E-state index in [4.69, 9.17) is 9.84 Å². The third kappa shape index (κ3) is 1.52. The number of rotatable bonds is 1. The van der Waals surface area contributed by atoms with Crippen molar-refractivity contribution < 1.29 is 9.84 Å². The maximum absolute atomic E-state index is 9.99. The lowest BCUT2D eigenvalue weighted by Gasteiger charge is -2.27. The minimum absolute atomic E-state index is 0.0491. The van der Waals surface area contributed by atoms with Crippen LogP contribution < -0.4 is 0 Å². The highest BCUT2D eigenvalue weighted by atomic mass is 16.6. The standard InChI is InChI=1S/C6H11NO3/c1-4-2-3-5(7-9)6(8)10-4/h4-6,8H,2-3H2,1H3/t4-,5?,6-/m1/s1. The summed E-state index contributed by atoms with van der Waals surface area (Å²) in [6.07, 6.45) is 0.494. The van der Waals surface area contributed by atoms with Crippen LogP contribution in [0.15, 0.2) is 5.18 Å². The summed E-state index contributed by atoms with van der Waals surface area (Å²) in [5.74, 6) is 0. The SMILES string of the molecule is C[C@@H]1CCC(N=O)[C@H](O)O1. The van der Waals surface area contributed by atoms with Crippen LogP contribution in [0.2, 0.25) is 0 Å². The Morgan fingerprint density at radius 2 is 2.30 bits per heavy atom. The highest BCUT2D eigenvalue weighted by Gasteiger charge is 2.28. The number of aliphatic hydroxyl groups is 1. The van der Waals surface area contributed by atoms with Crippen LogP contribution in [-0.2, 0) is 4.74 Å². The van der Waals surface area contributed by atoms with Crippen LogP contribution >= 0.6 is 0 Å². The molecule has 1 aliphatic rings. The molecule has 1 unspecified atom stereocenters. The van der Waals surface area contributed by atoms with Gasteiger partial charge < -0.3 is 9.84 Å². The van der Waals surface area contributed by atoms with Crippen molar-refractivity contribution in [3.8, 4) is 0 Å². The summed E-state index contributed by atoms with van der Waals surface area (Å²) in [6.45, 7) is 1.87. The largest absolute Gasteiger partial charge is 0.366 e. The molecule has 3 atom stereocenters. The Hall–Kier alpha value is -0.480. The van der Waals surface area contributed by atoms with Crippen LogP contribution in [0.1, 0.15) is 19.8 Å². The number of nitrogens with zero attached hydrogens (tertiary/aromatic N) is 1. The molecule has 58 valence electrons. The lowest BCUT2D eigenvalue weighted by molar-refractivity contribution is -0.166. The Bertz CT molecular complexity index is 128. The summed E-state index contributed by atoms with van der Waals surface area (Å²) >= 11 is 0. The first-order valence-electron chi connectivity index (χ1n) is 3.40. The Kier molecular flexibility index (Phi) is 2.34. The van der Waals surface area contributed by atoms with E-state index in [1.165, 1.54) is 0 Å². The fourth-order valence-electron chi connectivity index (χ4n) is 1.05. The van der Waals surface area contributed by atoms with E-state index in [1.54, 1.807) is 0 Å². The third-order valence-corrected chi connectivity index (χ3v) is 1.71. The van der Waals surface area contributed by atoms with Gasteiger partial charge in [-0.05, 0) is 19.8 Å². The molecule has 1 fully saturated rings. The monoisotopic (exact) mass is 145 g/mol. The summed E-state index contributed by atoms with van der Waals surface area (Å²) in [5, 5.41) is 11.8. The van der Waals surface area contributed by atoms with E-state index >= 15 is 0 Å². The molecule has 1 aliphatic heterocycles. The highest BCUT2D eigenvalue weighted by molar-refractivity contribution is 4.75. The normalized spacial score (nSPS) is 41.2. The number of nitroso groups, excluding NO2 is 1. The van der Waals surface area contributed by atoms with Crippen molar-refractivity contribution in [2.24, 2.45) is 5.18 Å². The van der Waals surface area contributed by atoms with Crippen molar-refractivity contribution in [1.82, 2.24) is 0 Å². The first-order chi connectivity index (χ1) is 4.74. The molecule has 0 aromatic heterocycles. The van der Waals surface area contributed by atoms with Crippen molar-refractivity contribution in [3.63, 3.8) is 0 Å². The Balaban J connectivity index is 2.43. The van der Waals surface area contributed by atoms with E-state index in [2.05, 4.69) is 5.18 Å². The zero-order chi connectivity index (χ0) is 7.56. The van der Waals surface area contributed by atoms with Crippen molar-refractivity contribution in [2.45, 2.75) is 38.2 Å². The van der Waals surface area contributed by atoms with Gasteiger partial charge in [0.1, 0.15) is 6.04 Å². The van der Waals surface area contributed by atoms with Gasteiger partial charge in [0.05, 0.1) is 6.10 Å². The number of aliphatic hydroxyl groups excluding tert-OH is 1. The highest BCUT2D eigenvalue weighted by Crippen LogP contribution is 2.19. The predicted molar refractivity (Wildman–Crippen MR) is 35.4 cm³/mol. The van der Waals surface area contributed by atoms with E-state index in [0.29, 0.717) is 6.42 Å². The molecular weight excluding hydrogens is 134 g/mol. The molecule has 1 heterocycles. The maximum Gasteiger partial charge on any atom is 0.180 e. The zero-order valence-corrected chi connectivity index (χ0v) is 5.86. The zero-order valence-electron chi connectivity index (χ0n) is 5.86. The number of ether oxygens (including phenoxy) is 1. The van der Waals surface area contributed by atoms with Gasteiger partial charge in [-0.3, -0.25) is 0 Å². The van der Waals surface area contributed by atoms with Crippen molar-refractivity contribution in [1.29, 1.82) is 0 Å². The Morgan fingerprint density at radius 3 is 2.80 bits per heavy atom. The molecule has 10 heavy (non-hydrogen) atoms. The second kappa shape index (κ2) is 3.07. The average Bonchev–Trinajstić information content (AvgIpc) is 1.88. The summed E-state index contributed by atoms with van der Waals surface area (Å²) in [6, 6.07) is -0.559. The lowest BCUT2D eigenvalue weighted by atomic mass is 10.1. The van der Waals surface area contributed by atoms with E-state index in [0.717, 1.165) is 6.42 Å².